The van der Waals surface area contributed by atoms with Gasteiger partial charge in [0.25, 0.3) is 0 Å². The monoisotopic (exact) mass is 238 g/mol. The van der Waals surface area contributed by atoms with E-state index >= 15 is 0 Å². The predicted octanol–water partition coefficient (Wildman–Crippen LogP) is 3.01. The van der Waals surface area contributed by atoms with Crippen LogP contribution in [0, 0.1) is 11.3 Å². The van der Waals surface area contributed by atoms with Crippen LogP contribution in [0.15, 0.2) is 0 Å². The number of hydrogen-bond acceptors (Lipinski definition) is 2. The van der Waals surface area contributed by atoms with Gasteiger partial charge in [-0.3, -0.25) is 4.90 Å². The maximum absolute atomic E-state index is 6.26. The molecule has 2 heteroatoms. The zero-order chi connectivity index (χ0) is 12.7. The van der Waals surface area contributed by atoms with Crippen LogP contribution in [-0.4, -0.2) is 29.6 Å². The van der Waals surface area contributed by atoms with Crippen LogP contribution in [0.5, 0.6) is 0 Å². The van der Waals surface area contributed by atoms with Crippen molar-refractivity contribution in [3.05, 3.63) is 0 Å². The lowest BCUT2D eigenvalue weighted by molar-refractivity contribution is -0.0493. The van der Waals surface area contributed by atoms with Gasteiger partial charge in [0.05, 0.1) is 0 Å². The van der Waals surface area contributed by atoms with Gasteiger partial charge in [-0.15, -0.1) is 0 Å². The fraction of sp³-hybridized carbons (Fsp3) is 1.00. The van der Waals surface area contributed by atoms with E-state index in [2.05, 4.69) is 32.6 Å². The predicted molar refractivity (Wildman–Crippen MR) is 74.0 cm³/mol. The first-order valence-electron chi connectivity index (χ1n) is 7.40. The van der Waals surface area contributed by atoms with E-state index in [-0.39, 0.29) is 5.54 Å². The summed E-state index contributed by atoms with van der Waals surface area (Å²) in [4.78, 5) is 2.76. The maximum atomic E-state index is 6.26. The minimum absolute atomic E-state index is 0.259. The number of hydrogen-bond donors (Lipinski definition) is 1. The van der Waals surface area contributed by atoms with Crippen molar-refractivity contribution in [2.24, 2.45) is 17.1 Å². The van der Waals surface area contributed by atoms with Gasteiger partial charge in [-0.25, -0.2) is 0 Å². The molecule has 1 aliphatic carbocycles. The summed E-state index contributed by atoms with van der Waals surface area (Å²) in [7, 11) is 0. The van der Waals surface area contributed by atoms with Crippen LogP contribution in [0.25, 0.3) is 0 Å². The molecule has 2 nitrogen and oxygen atoms in total. The first-order chi connectivity index (χ1) is 7.93. The van der Waals surface area contributed by atoms with Gasteiger partial charge >= 0.3 is 0 Å². The van der Waals surface area contributed by atoms with Crippen molar-refractivity contribution in [1.29, 1.82) is 0 Å². The van der Waals surface area contributed by atoms with E-state index in [0.29, 0.717) is 11.5 Å². The Kier molecular flexibility index (Phi) is 3.57. The number of rotatable bonds is 2. The molecule has 0 aromatic carbocycles. The molecular weight excluding hydrogens is 208 g/mol. The third-order valence-electron chi connectivity index (χ3n) is 5.57. The Hall–Kier alpha value is -0.0800. The second-order valence-corrected chi connectivity index (χ2v) is 7.17. The van der Waals surface area contributed by atoms with Crippen molar-refractivity contribution in [2.75, 3.05) is 13.1 Å². The van der Waals surface area contributed by atoms with Gasteiger partial charge in [-0.05, 0) is 37.5 Å². The normalized spacial score (nSPS) is 42.9. The molecule has 0 amide bonds. The summed E-state index contributed by atoms with van der Waals surface area (Å²) in [5.41, 5.74) is 6.89. The van der Waals surface area contributed by atoms with E-state index in [1.54, 1.807) is 0 Å². The van der Waals surface area contributed by atoms with E-state index in [0.717, 1.165) is 12.5 Å². The molecular formula is C15H30N2. The van der Waals surface area contributed by atoms with E-state index in [9.17, 15) is 0 Å². The van der Waals surface area contributed by atoms with Gasteiger partial charge in [-0.1, -0.05) is 33.6 Å². The van der Waals surface area contributed by atoms with Crippen LogP contribution in [0.3, 0.4) is 0 Å². The number of nitrogens with two attached hydrogens (primary N) is 1. The van der Waals surface area contributed by atoms with Crippen molar-refractivity contribution >= 4 is 0 Å². The molecule has 0 aromatic heterocycles. The minimum atomic E-state index is 0.259. The van der Waals surface area contributed by atoms with Gasteiger partial charge in [0, 0.05) is 24.7 Å². The quantitative estimate of drug-likeness (QED) is 0.801. The Bertz CT molecular complexity index is 274. The van der Waals surface area contributed by atoms with E-state index < -0.39 is 0 Å². The second kappa shape index (κ2) is 4.55. The summed E-state index contributed by atoms with van der Waals surface area (Å²) < 4.78 is 0. The van der Waals surface area contributed by atoms with Gasteiger partial charge in [0.1, 0.15) is 0 Å². The highest BCUT2D eigenvalue weighted by Gasteiger charge is 2.52. The molecule has 2 rings (SSSR count). The fourth-order valence-electron chi connectivity index (χ4n) is 4.48. The van der Waals surface area contributed by atoms with Gasteiger partial charge < -0.3 is 5.73 Å². The third kappa shape index (κ3) is 2.04. The van der Waals surface area contributed by atoms with Gasteiger partial charge in [-0.2, -0.15) is 0 Å². The molecule has 1 heterocycles. The van der Waals surface area contributed by atoms with Crippen LogP contribution in [0.4, 0.5) is 0 Å². The Balaban J connectivity index is 2.29. The van der Waals surface area contributed by atoms with Crippen LogP contribution < -0.4 is 5.73 Å². The van der Waals surface area contributed by atoms with E-state index in [4.69, 9.17) is 5.73 Å². The minimum Gasteiger partial charge on any atom is -0.329 e. The average molecular weight is 238 g/mol. The Morgan fingerprint density at radius 3 is 2.29 bits per heavy atom. The molecule has 1 saturated heterocycles. The standard InChI is InChI=1S/C15H30N2/c1-12-9-13(2)17(10-12)15(11-16)8-6-5-7-14(15,3)4/h12-13H,5-11,16H2,1-4H3. The fourth-order valence-corrected chi connectivity index (χ4v) is 4.48. The Morgan fingerprint density at radius 2 is 1.82 bits per heavy atom. The molecule has 0 radical (unpaired) electrons. The van der Waals surface area contributed by atoms with Crippen LogP contribution in [-0.2, 0) is 0 Å². The zero-order valence-electron chi connectivity index (χ0n) is 12.1. The number of likely N-dealkylation sites (tertiary alicyclic amines) is 1. The molecule has 1 saturated carbocycles. The first-order valence-corrected chi connectivity index (χ1v) is 7.40. The molecule has 2 fully saturated rings. The summed E-state index contributed by atoms with van der Waals surface area (Å²) in [5.74, 6) is 0.839. The molecule has 17 heavy (non-hydrogen) atoms. The van der Waals surface area contributed by atoms with Crippen molar-refractivity contribution < 1.29 is 0 Å². The lowest BCUT2D eigenvalue weighted by Gasteiger charge is -2.56. The molecule has 1 aliphatic heterocycles. The molecule has 0 aromatic rings. The molecule has 0 spiro atoms. The van der Waals surface area contributed by atoms with Gasteiger partial charge in [0.2, 0.25) is 0 Å². The molecule has 100 valence electrons. The van der Waals surface area contributed by atoms with Crippen molar-refractivity contribution in [1.82, 2.24) is 4.90 Å². The van der Waals surface area contributed by atoms with Crippen molar-refractivity contribution in [3.63, 3.8) is 0 Å². The summed E-state index contributed by atoms with van der Waals surface area (Å²) in [5, 5.41) is 0. The summed E-state index contributed by atoms with van der Waals surface area (Å²) >= 11 is 0. The number of nitrogens with zero attached hydrogens (tertiary/aromatic N) is 1. The maximum Gasteiger partial charge on any atom is 0.0385 e. The molecule has 0 bridgehead atoms. The van der Waals surface area contributed by atoms with Crippen LogP contribution >= 0.6 is 0 Å². The van der Waals surface area contributed by atoms with E-state index in [1.165, 1.54) is 38.6 Å². The highest BCUT2D eigenvalue weighted by atomic mass is 15.3. The summed E-state index contributed by atoms with van der Waals surface area (Å²) in [6, 6.07) is 0.714. The van der Waals surface area contributed by atoms with Crippen molar-refractivity contribution in [2.45, 2.75) is 71.4 Å². The summed E-state index contributed by atoms with van der Waals surface area (Å²) in [6.45, 7) is 11.7. The van der Waals surface area contributed by atoms with Crippen molar-refractivity contribution in [3.8, 4) is 0 Å². The smallest absolute Gasteiger partial charge is 0.0385 e. The van der Waals surface area contributed by atoms with Crippen LogP contribution in [0.2, 0.25) is 0 Å². The lowest BCUT2D eigenvalue weighted by Crippen LogP contribution is -2.64. The SMILES string of the molecule is CC1CC(C)N(C2(CN)CCCCC2(C)C)C1. The molecule has 2 N–H and O–H groups in total. The highest BCUT2D eigenvalue weighted by Crippen LogP contribution is 2.49. The average Bonchev–Trinajstić information content (AvgIpc) is 2.58. The second-order valence-electron chi connectivity index (χ2n) is 7.17. The Morgan fingerprint density at radius 1 is 1.18 bits per heavy atom. The highest BCUT2D eigenvalue weighted by molar-refractivity contribution is 5.08. The van der Waals surface area contributed by atoms with Crippen LogP contribution in [0.1, 0.15) is 59.8 Å². The Labute approximate surface area is 107 Å². The van der Waals surface area contributed by atoms with Gasteiger partial charge in [0.15, 0.2) is 0 Å². The zero-order valence-corrected chi connectivity index (χ0v) is 12.1. The lowest BCUT2D eigenvalue weighted by atomic mass is 9.62. The molecule has 3 atom stereocenters. The first kappa shape index (κ1) is 13.4. The molecule has 2 aliphatic rings. The molecule has 3 unspecified atom stereocenters. The van der Waals surface area contributed by atoms with E-state index in [1.807, 2.05) is 0 Å². The summed E-state index contributed by atoms with van der Waals surface area (Å²) in [6.07, 6.45) is 6.72. The largest absolute Gasteiger partial charge is 0.329 e. The third-order valence-corrected chi connectivity index (χ3v) is 5.57. The topological polar surface area (TPSA) is 29.3 Å².